The van der Waals surface area contributed by atoms with Gasteiger partial charge in [-0.1, -0.05) is 6.92 Å². The number of carbonyl (C=O) groups is 1. The van der Waals surface area contributed by atoms with Gasteiger partial charge in [0.15, 0.2) is 5.96 Å². The van der Waals surface area contributed by atoms with Crippen LogP contribution in [0.5, 0.6) is 0 Å². The van der Waals surface area contributed by atoms with Crippen molar-refractivity contribution in [3.63, 3.8) is 0 Å². The molecule has 2 aliphatic heterocycles. The Morgan fingerprint density at radius 3 is 2.52 bits per heavy atom. The van der Waals surface area contributed by atoms with Crippen molar-refractivity contribution in [3.05, 3.63) is 0 Å². The molecule has 0 radical (unpaired) electrons. The monoisotopic (exact) mass is 352 g/mol. The number of piperazine rings is 1. The summed E-state index contributed by atoms with van der Waals surface area (Å²) in [5, 5.41) is 3.41. The van der Waals surface area contributed by atoms with E-state index in [4.69, 9.17) is 10.7 Å². The van der Waals surface area contributed by atoms with Crippen LogP contribution in [0.1, 0.15) is 33.1 Å². The normalized spacial score (nSPS) is 23.7. The Bertz CT molecular complexity index is 433. The number of nitrogens with one attached hydrogen (secondary N) is 1. The van der Waals surface area contributed by atoms with Gasteiger partial charge < -0.3 is 20.9 Å². The highest BCUT2D eigenvalue weighted by Gasteiger charge is 2.23. The average Bonchev–Trinajstić information content (AvgIpc) is 2.61. The van der Waals surface area contributed by atoms with E-state index >= 15 is 0 Å². The van der Waals surface area contributed by atoms with Crippen LogP contribution in [0.3, 0.4) is 0 Å². The van der Waals surface area contributed by atoms with E-state index in [1.807, 2.05) is 0 Å². The lowest BCUT2D eigenvalue weighted by Crippen LogP contribution is -2.48. The largest absolute Gasteiger partial charge is 0.370 e. The van der Waals surface area contributed by atoms with Gasteiger partial charge in [-0.05, 0) is 32.2 Å². The topological polar surface area (TPSA) is 77.2 Å². The van der Waals surface area contributed by atoms with Crippen LogP contribution in [0.4, 0.5) is 0 Å². The van der Waals surface area contributed by atoms with E-state index in [9.17, 15) is 4.79 Å². The Balaban J connectivity index is 1.82. The van der Waals surface area contributed by atoms with Crippen molar-refractivity contribution in [3.8, 4) is 0 Å². The minimum Gasteiger partial charge on any atom is -0.370 e. The first-order valence-corrected chi connectivity index (χ1v) is 9.88. The number of guanidine groups is 1. The van der Waals surface area contributed by atoms with Crippen molar-refractivity contribution in [2.24, 2.45) is 16.6 Å². The van der Waals surface area contributed by atoms with Gasteiger partial charge in [0.05, 0.1) is 6.54 Å². The van der Waals surface area contributed by atoms with Crippen LogP contribution in [-0.4, -0.2) is 92.0 Å². The van der Waals surface area contributed by atoms with Crippen LogP contribution < -0.4 is 11.1 Å². The number of carbonyl (C=O) groups excluding carboxylic acids is 1. The molecule has 2 aliphatic rings. The van der Waals surface area contributed by atoms with Crippen LogP contribution in [-0.2, 0) is 4.79 Å². The predicted octanol–water partition coefficient (Wildman–Crippen LogP) is 0.177. The highest BCUT2D eigenvalue weighted by atomic mass is 16.1. The fourth-order valence-corrected chi connectivity index (χ4v) is 3.76. The molecule has 0 aromatic heterocycles. The molecule has 2 heterocycles. The lowest BCUT2D eigenvalue weighted by Gasteiger charge is -2.35. The van der Waals surface area contributed by atoms with Gasteiger partial charge in [-0.15, -0.1) is 0 Å². The first-order valence-electron chi connectivity index (χ1n) is 9.88. The molecule has 0 bridgehead atoms. The highest BCUT2D eigenvalue weighted by Crippen LogP contribution is 2.19. The Kier molecular flexibility index (Phi) is 8.48. The zero-order valence-corrected chi connectivity index (χ0v) is 16.0. The molecule has 2 fully saturated rings. The summed E-state index contributed by atoms with van der Waals surface area (Å²) in [6.07, 6.45) is 2.67. The number of nitrogens with two attached hydrogens (primary N) is 1. The fraction of sp³-hybridized carbons (Fsp3) is 0.889. The van der Waals surface area contributed by atoms with Crippen molar-refractivity contribution in [1.29, 1.82) is 0 Å². The van der Waals surface area contributed by atoms with Gasteiger partial charge in [0, 0.05) is 58.8 Å². The second kappa shape index (κ2) is 10.6. The van der Waals surface area contributed by atoms with E-state index in [2.05, 4.69) is 33.9 Å². The summed E-state index contributed by atoms with van der Waals surface area (Å²) < 4.78 is 0. The smallest absolute Gasteiger partial charge is 0.217 e. The first kappa shape index (κ1) is 20.0. The van der Waals surface area contributed by atoms with Crippen molar-refractivity contribution in [2.45, 2.75) is 33.1 Å². The van der Waals surface area contributed by atoms with Crippen LogP contribution in [0.2, 0.25) is 0 Å². The van der Waals surface area contributed by atoms with E-state index in [1.54, 1.807) is 0 Å². The summed E-state index contributed by atoms with van der Waals surface area (Å²) >= 11 is 0. The van der Waals surface area contributed by atoms with Gasteiger partial charge >= 0.3 is 0 Å². The van der Waals surface area contributed by atoms with Crippen molar-refractivity contribution in [1.82, 2.24) is 20.0 Å². The van der Waals surface area contributed by atoms with Gasteiger partial charge in [0.1, 0.15) is 0 Å². The minimum absolute atomic E-state index is 0.194. The molecule has 2 rings (SSSR count). The van der Waals surface area contributed by atoms with Crippen LogP contribution in [0.25, 0.3) is 0 Å². The molecule has 7 nitrogen and oxygen atoms in total. The molecule has 1 unspecified atom stereocenters. The molecule has 25 heavy (non-hydrogen) atoms. The predicted molar refractivity (Wildman–Crippen MR) is 103 cm³/mol. The molecule has 0 spiro atoms. The number of hydrogen-bond acceptors (Lipinski definition) is 4. The van der Waals surface area contributed by atoms with E-state index in [-0.39, 0.29) is 5.91 Å². The second-order valence-electron chi connectivity index (χ2n) is 7.14. The molecular formula is C18H36N6O. The summed E-state index contributed by atoms with van der Waals surface area (Å²) in [6, 6.07) is 0. The number of rotatable bonds is 7. The maximum atomic E-state index is 11.2. The highest BCUT2D eigenvalue weighted by molar-refractivity contribution is 5.80. The Labute approximate surface area is 152 Å². The first-order chi connectivity index (χ1) is 12.1. The van der Waals surface area contributed by atoms with Gasteiger partial charge in [-0.25, -0.2) is 0 Å². The molecular weight excluding hydrogens is 316 g/mol. The Morgan fingerprint density at radius 1 is 1.16 bits per heavy atom. The third-order valence-electron chi connectivity index (χ3n) is 5.23. The molecule has 7 heteroatoms. The van der Waals surface area contributed by atoms with E-state index in [0.717, 1.165) is 71.2 Å². The number of likely N-dealkylation sites (N-methyl/N-ethyl adjacent to an activating group) is 1. The zero-order valence-electron chi connectivity index (χ0n) is 16.0. The molecule has 0 aliphatic carbocycles. The van der Waals surface area contributed by atoms with Crippen LogP contribution in [0.15, 0.2) is 4.99 Å². The Hall–Kier alpha value is -1.34. The molecule has 0 saturated carbocycles. The van der Waals surface area contributed by atoms with Gasteiger partial charge in [0.2, 0.25) is 5.91 Å². The summed E-state index contributed by atoms with van der Waals surface area (Å²) in [4.78, 5) is 23.4. The molecule has 0 aromatic rings. The zero-order chi connectivity index (χ0) is 18.1. The Morgan fingerprint density at radius 2 is 1.88 bits per heavy atom. The van der Waals surface area contributed by atoms with Crippen molar-refractivity contribution >= 4 is 11.9 Å². The van der Waals surface area contributed by atoms with Crippen LogP contribution in [0, 0.1) is 5.92 Å². The third-order valence-corrected chi connectivity index (χ3v) is 5.23. The maximum absolute atomic E-state index is 11.2. The second-order valence-corrected chi connectivity index (χ2v) is 7.14. The molecule has 2 saturated heterocycles. The minimum atomic E-state index is -0.194. The van der Waals surface area contributed by atoms with E-state index in [0.29, 0.717) is 12.3 Å². The number of likely N-dealkylation sites (tertiary alicyclic amines) is 1. The van der Waals surface area contributed by atoms with Gasteiger partial charge in [-0.3, -0.25) is 14.7 Å². The number of primary amides is 1. The fourth-order valence-electron chi connectivity index (χ4n) is 3.76. The van der Waals surface area contributed by atoms with Crippen molar-refractivity contribution in [2.75, 3.05) is 65.4 Å². The molecule has 1 atom stereocenters. The number of nitrogens with zero attached hydrogens (tertiary/aromatic N) is 4. The summed E-state index contributed by atoms with van der Waals surface area (Å²) in [7, 11) is 0. The van der Waals surface area contributed by atoms with Crippen molar-refractivity contribution < 1.29 is 4.79 Å². The van der Waals surface area contributed by atoms with Gasteiger partial charge in [0.25, 0.3) is 0 Å². The van der Waals surface area contributed by atoms with E-state index in [1.165, 1.54) is 13.1 Å². The standard InChI is InChI=1S/C18H36N6O/c1-3-20-18(24-8-5-6-16(15-24)14-17(19)25)21-7-9-23-12-10-22(4-2)11-13-23/h16H,3-15H2,1-2H3,(H2,19,25)(H,20,21). The lowest BCUT2D eigenvalue weighted by atomic mass is 9.95. The number of aliphatic imine (C=N–C) groups is 1. The molecule has 1 amide bonds. The molecule has 0 aromatic carbocycles. The molecule has 144 valence electrons. The SMILES string of the molecule is CCNC(=NCCN1CCN(CC)CC1)N1CCCC(CC(N)=O)C1. The maximum Gasteiger partial charge on any atom is 0.217 e. The van der Waals surface area contributed by atoms with Crippen LogP contribution >= 0.6 is 0 Å². The summed E-state index contributed by atoms with van der Waals surface area (Å²) in [5.74, 6) is 1.15. The van der Waals surface area contributed by atoms with E-state index < -0.39 is 0 Å². The number of hydrogen-bond donors (Lipinski definition) is 2. The summed E-state index contributed by atoms with van der Waals surface area (Å²) in [5.41, 5.74) is 5.37. The number of piperidine rings is 1. The quantitative estimate of drug-likeness (QED) is 0.505. The average molecular weight is 353 g/mol. The summed E-state index contributed by atoms with van der Waals surface area (Å²) in [6.45, 7) is 14.7. The lowest BCUT2D eigenvalue weighted by molar-refractivity contribution is -0.119. The molecule has 3 N–H and O–H groups in total. The van der Waals surface area contributed by atoms with Gasteiger partial charge in [-0.2, -0.15) is 0 Å². The third kappa shape index (κ3) is 6.82. The number of amides is 1.